The molecule has 0 fully saturated rings. The molecule has 0 atom stereocenters. The predicted octanol–water partition coefficient (Wildman–Crippen LogP) is 2.99. The van der Waals surface area contributed by atoms with E-state index in [1.165, 1.54) is 0 Å². The highest BCUT2D eigenvalue weighted by molar-refractivity contribution is 4.90. The lowest BCUT2D eigenvalue weighted by atomic mass is 10.0. The van der Waals surface area contributed by atoms with E-state index < -0.39 is 5.79 Å². The van der Waals surface area contributed by atoms with Crippen LogP contribution in [0.4, 0.5) is 0 Å². The molecule has 0 rings (SSSR count). The standard InChI is InChI=1S/C11H22O2/c1-6-11(12-7-2,13-8-3)9-10(4)5/h6,10H,1,7-9H2,2-5H3. The van der Waals surface area contributed by atoms with E-state index >= 15 is 0 Å². The third-order valence-corrected chi connectivity index (χ3v) is 1.78. The molecule has 2 heteroatoms. The lowest BCUT2D eigenvalue weighted by molar-refractivity contribution is -0.207. The summed E-state index contributed by atoms with van der Waals surface area (Å²) in [6, 6.07) is 0. The molecule has 2 nitrogen and oxygen atoms in total. The van der Waals surface area contributed by atoms with Crippen LogP contribution in [0.25, 0.3) is 0 Å². The SMILES string of the molecule is C=CC(CC(C)C)(OCC)OCC. The monoisotopic (exact) mass is 186 g/mol. The predicted molar refractivity (Wildman–Crippen MR) is 55.6 cm³/mol. The van der Waals surface area contributed by atoms with Gasteiger partial charge in [0.2, 0.25) is 0 Å². The normalized spacial score (nSPS) is 12.1. The Bertz CT molecular complexity index is 135. The van der Waals surface area contributed by atoms with Crippen LogP contribution in [0, 0.1) is 5.92 Å². The van der Waals surface area contributed by atoms with Crippen LogP contribution in [0.15, 0.2) is 12.7 Å². The zero-order valence-corrected chi connectivity index (χ0v) is 9.30. The van der Waals surface area contributed by atoms with Crippen LogP contribution in [0.3, 0.4) is 0 Å². The zero-order chi connectivity index (χ0) is 10.3. The fraction of sp³-hybridized carbons (Fsp3) is 0.818. The van der Waals surface area contributed by atoms with Crippen LogP contribution in [0.5, 0.6) is 0 Å². The second-order valence-electron chi connectivity index (χ2n) is 3.48. The minimum atomic E-state index is -0.572. The van der Waals surface area contributed by atoms with Crippen LogP contribution in [-0.2, 0) is 9.47 Å². The van der Waals surface area contributed by atoms with Crippen molar-refractivity contribution in [1.29, 1.82) is 0 Å². The van der Waals surface area contributed by atoms with Gasteiger partial charge in [0, 0.05) is 19.6 Å². The molecule has 0 aliphatic carbocycles. The highest BCUT2D eigenvalue weighted by atomic mass is 16.7. The van der Waals surface area contributed by atoms with E-state index in [0.717, 1.165) is 6.42 Å². The van der Waals surface area contributed by atoms with Crippen molar-refractivity contribution in [2.24, 2.45) is 5.92 Å². The topological polar surface area (TPSA) is 18.5 Å². The first kappa shape index (κ1) is 12.7. The molecule has 0 saturated heterocycles. The highest BCUT2D eigenvalue weighted by Gasteiger charge is 2.28. The van der Waals surface area contributed by atoms with E-state index in [1.54, 1.807) is 6.08 Å². The van der Waals surface area contributed by atoms with E-state index in [0.29, 0.717) is 19.1 Å². The van der Waals surface area contributed by atoms with Crippen molar-refractivity contribution in [2.45, 2.75) is 39.9 Å². The van der Waals surface area contributed by atoms with Crippen LogP contribution in [0.2, 0.25) is 0 Å². The van der Waals surface area contributed by atoms with Gasteiger partial charge in [-0.2, -0.15) is 0 Å². The fourth-order valence-corrected chi connectivity index (χ4v) is 1.42. The molecule has 0 saturated carbocycles. The summed E-state index contributed by atoms with van der Waals surface area (Å²) in [5, 5.41) is 0. The molecule has 0 unspecified atom stereocenters. The number of hydrogen-bond acceptors (Lipinski definition) is 2. The summed E-state index contributed by atoms with van der Waals surface area (Å²) < 4.78 is 11.2. The molecule has 0 radical (unpaired) electrons. The van der Waals surface area contributed by atoms with Gasteiger partial charge in [0.05, 0.1) is 0 Å². The summed E-state index contributed by atoms with van der Waals surface area (Å²) in [4.78, 5) is 0. The van der Waals surface area contributed by atoms with Crippen molar-refractivity contribution in [3.63, 3.8) is 0 Å². The van der Waals surface area contributed by atoms with Crippen molar-refractivity contribution >= 4 is 0 Å². The Kier molecular flexibility index (Phi) is 6.00. The Balaban J connectivity index is 4.33. The molecular formula is C11H22O2. The fourth-order valence-electron chi connectivity index (χ4n) is 1.42. The third-order valence-electron chi connectivity index (χ3n) is 1.78. The zero-order valence-electron chi connectivity index (χ0n) is 9.30. The smallest absolute Gasteiger partial charge is 0.187 e. The molecule has 13 heavy (non-hydrogen) atoms. The summed E-state index contributed by atoms with van der Waals surface area (Å²) in [5.74, 6) is -0.0337. The molecule has 0 amide bonds. The molecule has 0 aliphatic rings. The van der Waals surface area contributed by atoms with Crippen molar-refractivity contribution in [3.05, 3.63) is 12.7 Å². The van der Waals surface area contributed by atoms with Gasteiger partial charge in [-0.1, -0.05) is 20.4 Å². The minimum absolute atomic E-state index is 0.538. The van der Waals surface area contributed by atoms with Crippen molar-refractivity contribution in [1.82, 2.24) is 0 Å². The number of ether oxygens (including phenoxy) is 2. The largest absolute Gasteiger partial charge is 0.347 e. The molecule has 0 aromatic heterocycles. The van der Waals surface area contributed by atoms with Gasteiger partial charge in [-0.15, -0.1) is 0 Å². The second kappa shape index (κ2) is 6.17. The average Bonchev–Trinajstić information content (AvgIpc) is 2.04. The lowest BCUT2D eigenvalue weighted by Crippen LogP contribution is -2.35. The summed E-state index contributed by atoms with van der Waals surface area (Å²) >= 11 is 0. The molecule has 0 N–H and O–H groups in total. The van der Waals surface area contributed by atoms with Gasteiger partial charge in [-0.05, 0) is 25.8 Å². The molecular weight excluding hydrogens is 164 g/mol. The summed E-state index contributed by atoms with van der Waals surface area (Å²) in [5.41, 5.74) is 0. The highest BCUT2D eigenvalue weighted by Crippen LogP contribution is 2.24. The number of rotatable bonds is 7. The van der Waals surface area contributed by atoms with Gasteiger partial charge in [0.1, 0.15) is 0 Å². The lowest BCUT2D eigenvalue weighted by Gasteiger charge is -2.31. The van der Waals surface area contributed by atoms with Crippen LogP contribution in [0.1, 0.15) is 34.1 Å². The van der Waals surface area contributed by atoms with Crippen molar-refractivity contribution in [2.75, 3.05) is 13.2 Å². The van der Waals surface area contributed by atoms with E-state index in [2.05, 4.69) is 20.4 Å². The first-order valence-corrected chi connectivity index (χ1v) is 5.01. The number of hydrogen-bond donors (Lipinski definition) is 0. The third kappa shape index (κ3) is 4.44. The van der Waals surface area contributed by atoms with E-state index in [-0.39, 0.29) is 0 Å². The van der Waals surface area contributed by atoms with Gasteiger partial charge in [-0.25, -0.2) is 0 Å². The Labute approximate surface area is 81.9 Å². The maximum atomic E-state index is 5.59. The van der Waals surface area contributed by atoms with Crippen LogP contribution >= 0.6 is 0 Å². The van der Waals surface area contributed by atoms with Gasteiger partial charge < -0.3 is 9.47 Å². The van der Waals surface area contributed by atoms with Gasteiger partial charge in [-0.3, -0.25) is 0 Å². The quantitative estimate of drug-likeness (QED) is 0.449. The molecule has 0 aromatic rings. The molecule has 78 valence electrons. The average molecular weight is 186 g/mol. The Hall–Kier alpha value is -0.340. The van der Waals surface area contributed by atoms with Crippen molar-refractivity contribution < 1.29 is 9.47 Å². The van der Waals surface area contributed by atoms with Crippen LogP contribution in [-0.4, -0.2) is 19.0 Å². The summed E-state index contributed by atoms with van der Waals surface area (Å²) in [7, 11) is 0. The van der Waals surface area contributed by atoms with Gasteiger partial charge in [0.25, 0.3) is 0 Å². The second-order valence-corrected chi connectivity index (χ2v) is 3.48. The molecule has 0 aromatic carbocycles. The minimum Gasteiger partial charge on any atom is -0.347 e. The summed E-state index contributed by atoms with van der Waals surface area (Å²) in [6.07, 6.45) is 2.62. The maximum Gasteiger partial charge on any atom is 0.187 e. The maximum absolute atomic E-state index is 5.59. The summed E-state index contributed by atoms with van der Waals surface area (Å²) in [6.45, 7) is 13.3. The molecule has 0 spiro atoms. The van der Waals surface area contributed by atoms with E-state index in [1.807, 2.05) is 13.8 Å². The van der Waals surface area contributed by atoms with E-state index in [4.69, 9.17) is 9.47 Å². The van der Waals surface area contributed by atoms with Crippen molar-refractivity contribution in [3.8, 4) is 0 Å². The molecule has 0 bridgehead atoms. The Morgan fingerprint density at radius 1 is 1.23 bits per heavy atom. The van der Waals surface area contributed by atoms with E-state index in [9.17, 15) is 0 Å². The first-order valence-electron chi connectivity index (χ1n) is 5.01. The van der Waals surface area contributed by atoms with Gasteiger partial charge >= 0.3 is 0 Å². The first-order chi connectivity index (χ1) is 6.10. The van der Waals surface area contributed by atoms with Crippen LogP contribution < -0.4 is 0 Å². The van der Waals surface area contributed by atoms with Gasteiger partial charge in [0.15, 0.2) is 5.79 Å². The Morgan fingerprint density at radius 3 is 1.92 bits per heavy atom. The Morgan fingerprint density at radius 2 is 1.69 bits per heavy atom. The molecule has 0 aliphatic heterocycles. The molecule has 0 heterocycles.